The Morgan fingerprint density at radius 2 is 2.23 bits per heavy atom. The maximum absolute atomic E-state index is 12.6. The van der Waals surface area contributed by atoms with E-state index < -0.39 is 5.72 Å². The summed E-state index contributed by atoms with van der Waals surface area (Å²) in [7, 11) is 1.63. The Hall–Kier alpha value is -2.92. The average Bonchev–Trinajstić information content (AvgIpc) is 3.29. The van der Waals surface area contributed by atoms with Gasteiger partial charge >= 0.3 is 0 Å². The van der Waals surface area contributed by atoms with E-state index in [4.69, 9.17) is 14.5 Å². The third kappa shape index (κ3) is 4.31. The van der Waals surface area contributed by atoms with Gasteiger partial charge in [-0.05, 0) is 51.0 Å². The van der Waals surface area contributed by atoms with Gasteiger partial charge in [-0.25, -0.2) is 5.43 Å². The van der Waals surface area contributed by atoms with Gasteiger partial charge in [0.15, 0.2) is 5.82 Å². The number of rotatable bonds is 3. The van der Waals surface area contributed by atoms with Gasteiger partial charge in [0.05, 0.1) is 6.04 Å². The number of hydrogen-bond donors (Lipinski definition) is 4. The highest BCUT2D eigenvalue weighted by Crippen LogP contribution is 2.36. The SMILES string of the molecule is CCO[C@@H]1C[C@H]2COC3=NC4=C(c5cc(cc(C(=O)NC)c5)NCCN2C1(C)O)C(C)NN4C=C3. The standard InChI is InChI=1S/C25H34N6O4/c1-5-34-20-13-19-14-35-21-6-8-31-23(28-21)22(15(2)29-31)16-10-17(24(32)26-4)12-18(11-16)27-7-9-30(19)25(20,3)33/h6,8,10-12,15,19-20,27,29,33H,5,7,9,13-14H2,1-4H3,(H,26,32)/t15?,19-,20+,25?/m0/s1. The van der Waals surface area contributed by atoms with E-state index >= 15 is 0 Å². The van der Waals surface area contributed by atoms with Crippen molar-refractivity contribution >= 4 is 23.1 Å². The number of anilines is 1. The second-order valence-electron chi connectivity index (χ2n) is 9.46. The maximum atomic E-state index is 12.6. The van der Waals surface area contributed by atoms with Gasteiger partial charge in [-0.15, -0.1) is 0 Å². The molecule has 4 heterocycles. The van der Waals surface area contributed by atoms with Crippen molar-refractivity contribution in [3.63, 3.8) is 0 Å². The van der Waals surface area contributed by atoms with E-state index in [1.807, 2.05) is 47.3 Å². The third-order valence-corrected chi connectivity index (χ3v) is 7.14. The van der Waals surface area contributed by atoms with Gasteiger partial charge in [-0.1, -0.05) is 0 Å². The van der Waals surface area contributed by atoms with Crippen LogP contribution >= 0.6 is 0 Å². The summed E-state index contributed by atoms with van der Waals surface area (Å²) in [6.45, 7) is 7.89. The summed E-state index contributed by atoms with van der Waals surface area (Å²) in [5.74, 6) is 1.10. The van der Waals surface area contributed by atoms with Crippen LogP contribution in [0.5, 0.6) is 0 Å². The van der Waals surface area contributed by atoms with Crippen LogP contribution in [0.2, 0.25) is 0 Å². The number of nitrogens with one attached hydrogen (secondary N) is 3. The highest BCUT2D eigenvalue weighted by atomic mass is 16.5. The number of fused-ring (bicyclic) bond motifs is 4. The van der Waals surface area contributed by atoms with Crippen molar-refractivity contribution in [2.24, 2.45) is 4.99 Å². The van der Waals surface area contributed by atoms with Crippen LogP contribution in [0.4, 0.5) is 5.69 Å². The van der Waals surface area contributed by atoms with Crippen LogP contribution in [0.3, 0.4) is 0 Å². The van der Waals surface area contributed by atoms with Crippen molar-refractivity contribution in [1.82, 2.24) is 20.7 Å². The molecule has 0 aliphatic carbocycles. The molecule has 10 nitrogen and oxygen atoms in total. The Bertz CT molecular complexity index is 1100. The van der Waals surface area contributed by atoms with Gasteiger partial charge in [-0.3, -0.25) is 14.7 Å². The van der Waals surface area contributed by atoms with Gasteiger partial charge in [0, 0.05) is 61.9 Å². The fourth-order valence-electron chi connectivity index (χ4n) is 5.43. The van der Waals surface area contributed by atoms with Crippen molar-refractivity contribution in [3.05, 3.63) is 47.4 Å². The topological polar surface area (TPSA) is 111 Å². The van der Waals surface area contributed by atoms with Gasteiger partial charge in [-0.2, -0.15) is 4.99 Å². The molecule has 1 fully saturated rings. The minimum Gasteiger partial charge on any atom is -0.476 e. The van der Waals surface area contributed by atoms with E-state index in [-0.39, 0.29) is 24.1 Å². The fraction of sp³-hybridized carbons (Fsp3) is 0.520. The number of hydrogen-bond acceptors (Lipinski definition) is 9. The lowest BCUT2D eigenvalue weighted by molar-refractivity contribution is -0.150. The number of carbonyl (C=O) groups excluding carboxylic acids is 1. The molecule has 4 aliphatic rings. The van der Waals surface area contributed by atoms with Crippen LogP contribution in [0.1, 0.15) is 43.1 Å². The largest absolute Gasteiger partial charge is 0.476 e. The molecule has 4 N–H and O–H groups in total. The summed E-state index contributed by atoms with van der Waals surface area (Å²) in [6.07, 6.45) is 4.09. The molecule has 188 valence electrons. The average molecular weight is 483 g/mol. The quantitative estimate of drug-likeness (QED) is 0.513. The number of hydrazine groups is 1. The zero-order valence-corrected chi connectivity index (χ0v) is 20.7. The van der Waals surface area contributed by atoms with Gasteiger partial charge in [0.2, 0.25) is 5.90 Å². The van der Waals surface area contributed by atoms with E-state index in [0.29, 0.717) is 44.2 Å². The smallest absolute Gasteiger partial charge is 0.251 e. The van der Waals surface area contributed by atoms with Crippen LogP contribution in [-0.4, -0.2) is 84.1 Å². The summed E-state index contributed by atoms with van der Waals surface area (Å²) >= 11 is 0. The lowest BCUT2D eigenvalue weighted by atomic mass is 9.97. The molecule has 0 saturated carbocycles. The summed E-state index contributed by atoms with van der Waals surface area (Å²) in [6, 6.07) is 5.74. The normalized spacial score (nSPS) is 30.3. The lowest BCUT2D eigenvalue weighted by Gasteiger charge is -2.36. The van der Waals surface area contributed by atoms with Gasteiger partial charge < -0.3 is 25.2 Å². The first kappa shape index (κ1) is 23.8. The maximum Gasteiger partial charge on any atom is 0.251 e. The van der Waals surface area contributed by atoms with E-state index in [0.717, 1.165) is 22.6 Å². The number of aliphatic hydroxyl groups is 1. The van der Waals surface area contributed by atoms with Crippen molar-refractivity contribution in [2.45, 2.75) is 51.1 Å². The molecular weight excluding hydrogens is 448 g/mol. The first-order valence-electron chi connectivity index (χ1n) is 12.2. The van der Waals surface area contributed by atoms with E-state index in [2.05, 4.69) is 23.0 Å². The van der Waals surface area contributed by atoms with Crippen LogP contribution in [0.15, 0.2) is 41.3 Å². The molecule has 1 aromatic carbocycles. The van der Waals surface area contributed by atoms with Crippen LogP contribution < -0.4 is 16.1 Å². The second kappa shape index (κ2) is 9.27. The molecule has 35 heavy (non-hydrogen) atoms. The fourth-order valence-corrected chi connectivity index (χ4v) is 5.43. The minimum absolute atomic E-state index is 0.00850. The highest BCUT2D eigenvalue weighted by molar-refractivity contribution is 5.97. The third-order valence-electron chi connectivity index (χ3n) is 7.14. The van der Waals surface area contributed by atoms with Crippen LogP contribution in [0.25, 0.3) is 5.57 Å². The highest BCUT2D eigenvalue weighted by Gasteiger charge is 2.50. The number of ether oxygens (including phenoxy) is 2. The zero-order chi connectivity index (χ0) is 24.7. The van der Waals surface area contributed by atoms with E-state index in [1.54, 1.807) is 14.0 Å². The molecule has 4 aliphatic heterocycles. The predicted octanol–water partition coefficient (Wildman–Crippen LogP) is 1.48. The molecule has 0 aromatic heterocycles. The molecule has 1 aromatic rings. The Morgan fingerprint density at radius 3 is 3.00 bits per heavy atom. The summed E-state index contributed by atoms with van der Waals surface area (Å²) in [5, 5.41) is 19.4. The first-order chi connectivity index (χ1) is 16.8. The van der Waals surface area contributed by atoms with E-state index in [9.17, 15) is 9.90 Å². The number of amides is 1. The molecule has 1 saturated heterocycles. The summed E-state index contributed by atoms with van der Waals surface area (Å²) in [5.41, 5.74) is 5.57. The Balaban J connectivity index is 1.57. The molecule has 2 unspecified atom stereocenters. The molecule has 0 radical (unpaired) electrons. The number of benzene rings is 1. The number of carbonyl (C=O) groups is 1. The van der Waals surface area contributed by atoms with Crippen LogP contribution in [-0.2, 0) is 9.47 Å². The van der Waals surface area contributed by atoms with Crippen molar-refractivity contribution in [2.75, 3.05) is 38.7 Å². The minimum atomic E-state index is -1.13. The summed E-state index contributed by atoms with van der Waals surface area (Å²) < 4.78 is 12.1. The van der Waals surface area contributed by atoms with Gasteiger partial charge in [0.25, 0.3) is 5.91 Å². The monoisotopic (exact) mass is 482 g/mol. The molecule has 0 spiro atoms. The zero-order valence-electron chi connectivity index (χ0n) is 20.7. The Kier molecular flexibility index (Phi) is 6.30. The predicted molar refractivity (Wildman–Crippen MR) is 133 cm³/mol. The van der Waals surface area contributed by atoms with E-state index in [1.165, 1.54) is 0 Å². The Morgan fingerprint density at radius 1 is 1.40 bits per heavy atom. The van der Waals surface area contributed by atoms with Crippen molar-refractivity contribution in [3.8, 4) is 0 Å². The molecule has 4 atom stereocenters. The van der Waals surface area contributed by atoms with Crippen molar-refractivity contribution < 1.29 is 19.4 Å². The van der Waals surface area contributed by atoms with Crippen LogP contribution in [0, 0.1) is 0 Å². The summed E-state index contributed by atoms with van der Waals surface area (Å²) in [4.78, 5) is 19.4. The molecular formula is C25H34N6O4. The molecule has 5 rings (SSSR count). The van der Waals surface area contributed by atoms with Gasteiger partial charge in [0.1, 0.15) is 18.4 Å². The molecule has 10 heteroatoms. The first-order valence-corrected chi connectivity index (χ1v) is 12.2. The van der Waals surface area contributed by atoms with Crippen molar-refractivity contribution in [1.29, 1.82) is 0 Å². The number of nitrogens with zero attached hydrogens (tertiary/aromatic N) is 3. The molecule has 4 bridgehead atoms. The Labute approximate surface area is 205 Å². The second-order valence-corrected chi connectivity index (χ2v) is 9.46. The molecule has 1 amide bonds. The number of aliphatic imine (C=N–C) groups is 1. The lowest BCUT2D eigenvalue weighted by Crippen LogP contribution is -2.52.